The van der Waals surface area contributed by atoms with Gasteiger partial charge in [0.2, 0.25) is 0 Å². The van der Waals surface area contributed by atoms with Gasteiger partial charge in [-0.25, -0.2) is 18.2 Å². The summed E-state index contributed by atoms with van der Waals surface area (Å²) in [5, 5.41) is 9.46. The van der Waals surface area contributed by atoms with E-state index in [-0.39, 0.29) is 25.2 Å². The first kappa shape index (κ1) is 18.3. The van der Waals surface area contributed by atoms with Crippen LogP contribution in [0.25, 0.3) is 0 Å². The van der Waals surface area contributed by atoms with Crippen LogP contribution in [0.3, 0.4) is 0 Å². The van der Waals surface area contributed by atoms with E-state index in [0.717, 1.165) is 29.2 Å². The monoisotopic (exact) mass is 388 g/mol. The molecule has 0 fully saturated rings. The van der Waals surface area contributed by atoms with Crippen LogP contribution in [-0.2, 0) is 10.0 Å². The molecular weight excluding hydrogens is 379 g/mol. The van der Waals surface area contributed by atoms with Crippen LogP contribution in [0, 0.1) is 6.92 Å². The van der Waals surface area contributed by atoms with Crippen LogP contribution < -0.4 is 4.72 Å². The summed E-state index contributed by atoms with van der Waals surface area (Å²) >= 11 is 13.1. The Hall–Kier alpha value is -0.740. The van der Waals surface area contributed by atoms with E-state index in [1.54, 1.807) is 6.92 Å². The Balaban J connectivity index is 3.03. The fraction of sp³-hybridized carbons (Fsp3) is 0.200. The van der Waals surface area contributed by atoms with Gasteiger partial charge in [-0.15, -0.1) is 22.9 Å². The summed E-state index contributed by atoms with van der Waals surface area (Å²) < 4.78 is 26.4. The van der Waals surface area contributed by atoms with E-state index >= 15 is 0 Å². The van der Waals surface area contributed by atoms with E-state index in [9.17, 15) is 13.2 Å². The third-order valence-corrected chi connectivity index (χ3v) is 5.54. The first-order valence-electron chi connectivity index (χ1n) is 5.15. The van der Waals surface area contributed by atoms with Crippen molar-refractivity contribution in [3.8, 4) is 0 Å². The second kappa shape index (κ2) is 7.50. The number of rotatable bonds is 7. The lowest BCUT2D eigenvalue weighted by atomic mass is 10.5. The summed E-state index contributed by atoms with van der Waals surface area (Å²) in [7, 11) is -4.02. The minimum Gasteiger partial charge on any atom is -0.476 e. The molecule has 6 nitrogen and oxygen atoms in total. The minimum atomic E-state index is -4.02. The number of allylic oxidation sites excluding steroid dienone is 1. The van der Waals surface area contributed by atoms with Gasteiger partial charge in [0.1, 0.15) is 5.00 Å². The number of aryl methyl sites for hydroxylation is 1. The lowest BCUT2D eigenvalue weighted by Crippen LogP contribution is -2.15. The third kappa shape index (κ3) is 5.19. The maximum atomic E-state index is 12.1. The summed E-state index contributed by atoms with van der Waals surface area (Å²) in [4.78, 5) is 14.4. The topological polar surface area (TPSA) is 96.4 Å². The van der Waals surface area contributed by atoms with Gasteiger partial charge in [0.05, 0.1) is 19.5 Å². The van der Waals surface area contributed by atoms with Crippen molar-refractivity contribution in [1.29, 1.82) is 0 Å². The van der Waals surface area contributed by atoms with E-state index < -0.39 is 16.0 Å². The molecule has 116 valence electrons. The zero-order valence-electron chi connectivity index (χ0n) is 10.6. The fourth-order valence-corrected chi connectivity index (χ4v) is 4.31. The highest BCUT2D eigenvalue weighted by atomic mass is 35.5. The number of halogens is 2. The molecule has 0 saturated carbocycles. The molecule has 1 aromatic heterocycles. The van der Waals surface area contributed by atoms with Crippen molar-refractivity contribution in [3.63, 3.8) is 0 Å². The number of hydrogen-bond donors (Lipinski definition) is 2. The number of alkyl halides is 1. The van der Waals surface area contributed by atoms with Crippen LogP contribution >= 0.6 is 46.3 Å². The summed E-state index contributed by atoms with van der Waals surface area (Å²) in [6.45, 7) is 4.96. The first-order chi connectivity index (χ1) is 9.67. The van der Waals surface area contributed by atoms with Gasteiger partial charge >= 0.3 is 5.97 Å². The van der Waals surface area contributed by atoms with Crippen LogP contribution in [0.5, 0.6) is 0 Å². The molecule has 0 spiro atoms. The molecule has 21 heavy (non-hydrogen) atoms. The van der Waals surface area contributed by atoms with E-state index in [2.05, 4.69) is 16.3 Å². The Morgan fingerprint density at radius 2 is 2.24 bits per heavy atom. The van der Waals surface area contributed by atoms with Gasteiger partial charge in [0.25, 0.3) is 10.0 Å². The molecule has 0 amide bonds. The smallest absolute Gasteiger partial charge is 0.357 e. The number of nitrogens with one attached hydrogen (secondary N) is 1. The van der Waals surface area contributed by atoms with Crippen LogP contribution in [0.15, 0.2) is 21.9 Å². The molecule has 1 rings (SSSR count). The van der Waals surface area contributed by atoms with Crippen molar-refractivity contribution < 1.29 is 18.3 Å². The SMILES string of the molecule is C=C(/C=C(/Cl)SCCl)S(=O)(=O)Nc1sc(C)nc1C(=O)O. The standard InChI is InChI=1S/C10H10Cl2N2O4S3/c1-5(3-7(12)19-4-11)21(17,18)14-9-8(10(15)16)13-6(2)20-9/h3,14H,1,4H2,2H3,(H,15,16)/b7-3-. The summed E-state index contributed by atoms with van der Waals surface area (Å²) in [5.74, 6) is -1.33. The Morgan fingerprint density at radius 1 is 1.62 bits per heavy atom. The molecule has 0 aromatic carbocycles. The highest BCUT2D eigenvalue weighted by Crippen LogP contribution is 2.28. The summed E-state index contributed by atoms with van der Waals surface area (Å²) in [5.41, 5.74) is -0.362. The number of nitrogens with zero attached hydrogens (tertiary/aromatic N) is 1. The predicted octanol–water partition coefficient (Wildman–Crippen LogP) is 3.41. The molecule has 0 aliphatic heterocycles. The van der Waals surface area contributed by atoms with Crippen molar-refractivity contribution in [2.45, 2.75) is 6.92 Å². The fourth-order valence-electron chi connectivity index (χ4n) is 1.13. The van der Waals surface area contributed by atoms with E-state index in [1.165, 1.54) is 0 Å². The van der Waals surface area contributed by atoms with Crippen LogP contribution in [0.4, 0.5) is 5.00 Å². The molecule has 2 N–H and O–H groups in total. The maximum absolute atomic E-state index is 12.1. The molecule has 0 unspecified atom stereocenters. The average Bonchev–Trinajstić information content (AvgIpc) is 2.69. The quantitative estimate of drug-likeness (QED) is 0.548. The number of anilines is 1. The number of hydrogen-bond acceptors (Lipinski definition) is 6. The second-order valence-electron chi connectivity index (χ2n) is 3.49. The molecule has 0 aliphatic rings. The van der Waals surface area contributed by atoms with E-state index in [4.69, 9.17) is 28.3 Å². The van der Waals surface area contributed by atoms with Crippen molar-refractivity contribution in [2.75, 3.05) is 9.93 Å². The van der Waals surface area contributed by atoms with Gasteiger partial charge in [-0.3, -0.25) is 4.72 Å². The molecular formula is C10H10Cl2N2O4S3. The molecule has 0 aliphatic carbocycles. The predicted molar refractivity (Wildman–Crippen MR) is 87.7 cm³/mol. The van der Waals surface area contributed by atoms with Gasteiger partial charge in [-0.2, -0.15) is 0 Å². The highest BCUT2D eigenvalue weighted by molar-refractivity contribution is 8.05. The molecule has 1 heterocycles. The average molecular weight is 389 g/mol. The second-order valence-corrected chi connectivity index (χ2v) is 8.66. The minimum absolute atomic E-state index is 0.0873. The van der Waals surface area contributed by atoms with Crippen molar-refractivity contribution in [1.82, 2.24) is 4.98 Å². The summed E-state index contributed by atoms with van der Waals surface area (Å²) in [6, 6.07) is 0. The van der Waals surface area contributed by atoms with Crippen LogP contribution in [-0.4, -0.2) is 29.7 Å². The Labute approximate surface area is 139 Å². The van der Waals surface area contributed by atoms with Crippen molar-refractivity contribution >= 4 is 67.3 Å². The molecule has 0 radical (unpaired) electrons. The normalized spacial score (nSPS) is 12.2. The lowest BCUT2D eigenvalue weighted by Gasteiger charge is -2.06. The number of sulfonamides is 1. The Morgan fingerprint density at radius 3 is 2.76 bits per heavy atom. The largest absolute Gasteiger partial charge is 0.476 e. The third-order valence-electron chi connectivity index (χ3n) is 1.98. The van der Waals surface area contributed by atoms with Crippen molar-refractivity contribution in [3.05, 3.63) is 32.6 Å². The number of carboxylic acid groups (broad SMARTS) is 1. The van der Waals surface area contributed by atoms with E-state index in [0.29, 0.717) is 5.01 Å². The number of thiazole rings is 1. The Bertz CT molecular complexity index is 697. The molecule has 11 heteroatoms. The van der Waals surface area contributed by atoms with Crippen LogP contribution in [0.1, 0.15) is 15.5 Å². The first-order valence-corrected chi connectivity index (χ1v) is 9.35. The number of aromatic carboxylic acids is 1. The summed E-state index contributed by atoms with van der Waals surface area (Å²) in [6.07, 6.45) is 1.13. The zero-order chi connectivity index (χ0) is 16.2. The van der Waals surface area contributed by atoms with Gasteiger partial charge in [-0.1, -0.05) is 29.9 Å². The molecule has 0 bridgehead atoms. The zero-order valence-corrected chi connectivity index (χ0v) is 14.6. The molecule has 1 aromatic rings. The van der Waals surface area contributed by atoms with Gasteiger partial charge < -0.3 is 5.11 Å². The lowest BCUT2D eigenvalue weighted by molar-refractivity contribution is 0.0692. The number of carboxylic acids is 1. The van der Waals surface area contributed by atoms with Gasteiger partial charge in [-0.05, 0) is 13.0 Å². The number of carbonyl (C=O) groups is 1. The van der Waals surface area contributed by atoms with Crippen LogP contribution in [0.2, 0.25) is 0 Å². The van der Waals surface area contributed by atoms with Crippen molar-refractivity contribution in [2.24, 2.45) is 0 Å². The Kier molecular flexibility index (Phi) is 6.54. The molecule has 0 saturated heterocycles. The van der Waals surface area contributed by atoms with Gasteiger partial charge in [0, 0.05) is 0 Å². The highest BCUT2D eigenvalue weighted by Gasteiger charge is 2.22. The molecule has 0 atom stereocenters. The van der Waals surface area contributed by atoms with Gasteiger partial charge in [0.15, 0.2) is 5.69 Å². The number of thioether (sulfide) groups is 1. The maximum Gasteiger partial charge on any atom is 0.357 e. The van der Waals surface area contributed by atoms with E-state index in [1.807, 2.05) is 0 Å². The number of aromatic nitrogens is 1.